The summed E-state index contributed by atoms with van der Waals surface area (Å²) in [6.07, 6.45) is 1.58. The monoisotopic (exact) mass is 396 g/mol. The van der Waals surface area contributed by atoms with E-state index >= 15 is 0 Å². The van der Waals surface area contributed by atoms with Gasteiger partial charge >= 0.3 is 0 Å². The summed E-state index contributed by atoms with van der Waals surface area (Å²) < 4.78 is 5.22. The lowest BCUT2D eigenvalue weighted by molar-refractivity contribution is -0.141. The number of aryl methyl sites for hydroxylation is 1. The zero-order valence-electron chi connectivity index (χ0n) is 17.9. The van der Waals surface area contributed by atoms with Gasteiger partial charge in [-0.15, -0.1) is 0 Å². The molecule has 1 atom stereocenters. The number of benzene rings is 2. The number of carbonyl (C=O) groups excluding carboxylic acids is 2. The molecule has 29 heavy (non-hydrogen) atoms. The summed E-state index contributed by atoms with van der Waals surface area (Å²) in [6, 6.07) is 17.1. The summed E-state index contributed by atoms with van der Waals surface area (Å²) in [4.78, 5) is 27.6. The lowest BCUT2D eigenvalue weighted by Gasteiger charge is -2.31. The van der Waals surface area contributed by atoms with E-state index in [0.717, 1.165) is 16.9 Å². The highest BCUT2D eigenvalue weighted by atomic mass is 16.5. The number of hydrogen-bond donors (Lipinski definition) is 1. The van der Waals surface area contributed by atoms with Crippen molar-refractivity contribution in [3.8, 4) is 5.75 Å². The first kappa shape index (κ1) is 22.5. The molecule has 0 saturated heterocycles. The lowest BCUT2D eigenvalue weighted by atomic mass is 10.1. The SMILES string of the molecule is CC[C@@H](C(=O)NC(C)C)N(Cc1ccc(OC)cc1)C(=O)CCc1ccccc1. The highest BCUT2D eigenvalue weighted by Crippen LogP contribution is 2.18. The molecule has 0 aliphatic carbocycles. The Hall–Kier alpha value is -2.82. The molecule has 2 rings (SSSR count). The predicted molar refractivity (Wildman–Crippen MR) is 116 cm³/mol. The van der Waals surface area contributed by atoms with Gasteiger partial charge < -0.3 is 15.0 Å². The topological polar surface area (TPSA) is 58.6 Å². The molecule has 5 nitrogen and oxygen atoms in total. The molecule has 0 fully saturated rings. The fourth-order valence-corrected chi connectivity index (χ4v) is 3.27. The fourth-order valence-electron chi connectivity index (χ4n) is 3.27. The Balaban J connectivity index is 2.19. The Bertz CT molecular complexity index is 772. The quantitative estimate of drug-likeness (QED) is 0.661. The molecule has 0 spiro atoms. The Morgan fingerprint density at radius 2 is 1.66 bits per heavy atom. The van der Waals surface area contributed by atoms with Crippen molar-refractivity contribution in [1.29, 1.82) is 0 Å². The van der Waals surface area contributed by atoms with Crippen molar-refractivity contribution in [2.24, 2.45) is 0 Å². The fraction of sp³-hybridized carbons (Fsp3) is 0.417. The Labute approximate surface area is 174 Å². The molecule has 0 saturated carbocycles. The molecule has 0 unspecified atom stereocenters. The largest absolute Gasteiger partial charge is 0.497 e. The van der Waals surface area contributed by atoms with E-state index in [4.69, 9.17) is 4.74 Å². The zero-order chi connectivity index (χ0) is 21.2. The van der Waals surface area contributed by atoms with E-state index in [2.05, 4.69) is 5.32 Å². The summed E-state index contributed by atoms with van der Waals surface area (Å²) >= 11 is 0. The first-order valence-electron chi connectivity index (χ1n) is 10.2. The molecule has 2 aromatic rings. The van der Waals surface area contributed by atoms with Gasteiger partial charge in [0, 0.05) is 19.0 Å². The van der Waals surface area contributed by atoms with E-state index in [1.807, 2.05) is 75.4 Å². The third-order valence-electron chi connectivity index (χ3n) is 4.80. The normalized spacial score (nSPS) is 11.8. The van der Waals surface area contributed by atoms with Crippen LogP contribution < -0.4 is 10.1 Å². The maximum Gasteiger partial charge on any atom is 0.243 e. The minimum atomic E-state index is -0.497. The zero-order valence-corrected chi connectivity index (χ0v) is 17.9. The van der Waals surface area contributed by atoms with Crippen LogP contribution in [0.4, 0.5) is 0 Å². The number of hydrogen-bond acceptors (Lipinski definition) is 3. The van der Waals surface area contributed by atoms with Gasteiger partial charge in [-0.2, -0.15) is 0 Å². The Kier molecular flexibility index (Phi) is 8.71. The van der Waals surface area contributed by atoms with Gasteiger partial charge in [-0.3, -0.25) is 9.59 Å². The molecule has 0 radical (unpaired) electrons. The van der Waals surface area contributed by atoms with E-state index in [0.29, 0.717) is 25.8 Å². The standard InChI is InChI=1S/C24H32N2O3/c1-5-22(24(28)25-18(2)3)26(17-20-11-14-21(29-4)15-12-20)23(27)16-13-19-9-7-6-8-10-19/h6-12,14-15,18,22H,5,13,16-17H2,1-4H3,(H,25,28)/t22-/m0/s1. The molecule has 156 valence electrons. The molecular weight excluding hydrogens is 364 g/mol. The van der Waals surface area contributed by atoms with Crippen LogP contribution in [0.25, 0.3) is 0 Å². The minimum Gasteiger partial charge on any atom is -0.497 e. The number of carbonyl (C=O) groups is 2. The molecule has 0 aliphatic rings. The summed E-state index contributed by atoms with van der Waals surface area (Å²) in [5.74, 6) is 0.639. The van der Waals surface area contributed by atoms with Gasteiger partial charge in [-0.1, -0.05) is 49.4 Å². The number of ether oxygens (including phenoxy) is 1. The number of methoxy groups -OCH3 is 1. The average molecular weight is 397 g/mol. The van der Waals surface area contributed by atoms with Gasteiger partial charge in [0.25, 0.3) is 0 Å². The smallest absolute Gasteiger partial charge is 0.243 e. The van der Waals surface area contributed by atoms with Crippen LogP contribution in [0.1, 0.15) is 44.7 Å². The Morgan fingerprint density at radius 3 is 2.21 bits per heavy atom. The molecule has 0 heterocycles. The lowest BCUT2D eigenvalue weighted by Crippen LogP contribution is -2.50. The van der Waals surface area contributed by atoms with Crippen LogP contribution in [0.5, 0.6) is 5.75 Å². The van der Waals surface area contributed by atoms with Gasteiger partial charge in [0.15, 0.2) is 0 Å². The van der Waals surface area contributed by atoms with Gasteiger partial charge in [0.05, 0.1) is 7.11 Å². The van der Waals surface area contributed by atoms with E-state index < -0.39 is 6.04 Å². The van der Waals surface area contributed by atoms with Crippen LogP contribution in [0.2, 0.25) is 0 Å². The van der Waals surface area contributed by atoms with Gasteiger partial charge in [-0.05, 0) is 49.9 Å². The number of amides is 2. The van der Waals surface area contributed by atoms with Crippen molar-refractivity contribution < 1.29 is 14.3 Å². The second-order valence-corrected chi connectivity index (χ2v) is 7.44. The molecular formula is C24H32N2O3. The summed E-state index contributed by atoms with van der Waals surface area (Å²) in [6.45, 7) is 6.18. The van der Waals surface area contributed by atoms with Crippen molar-refractivity contribution in [3.05, 3.63) is 65.7 Å². The first-order valence-corrected chi connectivity index (χ1v) is 10.2. The maximum atomic E-state index is 13.2. The summed E-state index contributed by atoms with van der Waals surface area (Å²) in [7, 11) is 1.62. The maximum absolute atomic E-state index is 13.2. The van der Waals surface area contributed by atoms with E-state index in [-0.39, 0.29) is 17.9 Å². The molecule has 2 aromatic carbocycles. The summed E-state index contributed by atoms with van der Waals surface area (Å²) in [5, 5.41) is 2.95. The molecule has 5 heteroatoms. The van der Waals surface area contributed by atoms with Crippen molar-refractivity contribution >= 4 is 11.8 Å². The average Bonchev–Trinajstić information content (AvgIpc) is 2.72. The molecule has 0 bridgehead atoms. The van der Waals surface area contributed by atoms with E-state index in [1.54, 1.807) is 12.0 Å². The molecule has 0 aromatic heterocycles. The minimum absolute atomic E-state index is 0.0181. The highest BCUT2D eigenvalue weighted by Gasteiger charge is 2.28. The van der Waals surface area contributed by atoms with Crippen LogP contribution in [0, 0.1) is 0 Å². The molecule has 1 N–H and O–H groups in total. The first-order chi connectivity index (χ1) is 13.9. The van der Waals surface area contributed by atoms with Gasteiger partial charge in [0.2, 0.25) is 11.8 Å². The van der Waals surface area contributed by atoms with E-state index in [1.165, 1.54) is 0 Å². The third-order valence-corrected chi connectivity index (χ3v) is 4.80. The van der Waals surface area contributed by atoms with Crippen molar-refractivity contribution in [3.63, 3.8) is 0 Å². The second kappa shape index (κ2) is 11.2. The summed E-state index contributed by atoms with van der Waals surface area (Å²) in [5.41, 5.74) is 2.08. The van der Waals surface area contributed by atoms with Crippen LogP contribution in [-0.4, -0.2) is 35.9 Å². The Morgan fingerprint density at radius 1 is 1.00 bits per heavy atom. The van der Waals surface area contributed by atoms with Crippen molar-refractivity contribution in [2.75, 3.05) is 7.11 Å². The van der Waals surface area contributed by atoms with Gasteiger partial charge in [0.1, 0.15) is 11.8 Å². The third kappa shape index (κ3) is 6.93. The number of rotatable bonds is 10. The van der Waals surface area contributed by atoms with Crippen LogP contribution in [0.15, 0.2) is 54.6 Å². The van der Waals surface area contributed by atoms with Crippen LogP contribution in [0.3, 0.4) is 0 Å². The molecule has 0 aliphatic heterocycles. The van der Waals surface area contributed by atoms with Crippen molar-refractivity contribution in [1.82, 2.24) is 10.2 Å². The van der Waals surface area contributed by atoms with Crippen LogP contribution >= 0.6 is 0 Å². The predicted octanol–water partition coefficient (Wildman–Crippen LogP) is 3.96. The van der Waals surface area contributed by atoms with E-state index in [9.17, 15) is 9.59 Å². The number of nitrogens with one attached hydrogen (secondary N) is 1. The highest BCUT2D eigenvalue weighted by molar-refractivity contribution is 5.87. The van der Waals surface area contributed by atoms with Crippen LogP contribution in [-0.2, 0) is 22.6 Å². The number of nitrogens with zero attached hydrogens (tertiary/aromatic N) is 1. The van der Waals surface area contributed by atoms with Crippen molar-refractivity contribution in [2.45, 2.75) is 58.7 Å². The second-order valence-electron chi connectivity index (χ2n) is 7.44. The molecule has 2 amide bonds. The van der Waals surface area contributed by atoms with Gasteiger partial charge in [-0.25, -0.2) is 0 Å².